The fourth-order valence-electron chi connectivity index (χ4n) is 2.20. The maximum absolute atomic E-state index is 11.1. The Hall–Kier alpha value is -3.41. The van der Waals surface area contributed by atoms with Crippen LogP contribution < -0.4 is 16.4 Å². The molecule has 2 aromatic carbocycles. The van der Waals surface area contributed by atoms with Crippen LogP contribution in [0.3, 0.4) is 0 Å². The van der Waals surface area contributed by atoms with E-state index in [0.717, 1.165) is 22.6 Å². The highest BCUT2D eigenvalue weighted by Crippen LogP contribution is 2.21. The third-order valence-corrected chi connectivity index (χ3v) is 3.32. The van der Waals surface area contributed by atoms with E-state index in [1.165, 1.54) is 6.92 Å². The van der Waals surface area contributed by atoms with Gasteiger partial charge in [-0.1, -0.05) is 12.1 Å². The summed E-state index contributed by atoms with van der Waals surface area (Å²) in [5.74, 6) is 0.406. The molecule has 0 bridgehead atoms. The van der Waals surface area contributed by atoms with E-state index in [1.807, 2.05) is 54.6 Å². The molecule has 24 heavy (non-hydrogen) atoms. The summed E-state index contributed by atoms with van der Waals surface area (Å²) in [5, 5.41) is 5.88. The summed E-state index contributed by atoms with van der Waals surface area (Å²) < 4.78 is 0. The van der Waals surface area contributed by atoms with Crippen LogP contribution >= 0.6 is 0 Å². The molecule has 0 spiro atoms. The second kappa shape index (κ2) is 6.78. The van der Waals surface area contributed by atoms with Gasteiger partial charge in [0.05, 0.1) is 5.69 Å². The van der Waals surface area contributed by atoms with Crippen LogP contribution in [0, 0.1) is 0 Å². The zero-order valence-electron chi connectivity index (χ0n) is 13.2. The van der Waals surface area contributed by atoms with Crippen molar-refractivity contribution >= 4 is 28.9 Å². The number of nitrogens with two attached hydrogens (primary N) is 1. The van der Waals surface area contributed by atoms with Gasteiger partial charge in [-0.25, -0.2) is 9.97 Å². The summed E-state index contributed by atoms with van der Waals surface area (Å²) >= 11 is 0. The maximum atomic E-state index is 11.1. The number of carbonyl (C=O) groups excluding carboxylic acids is 1. The largest absolute Gasteiger partial charge is 0.399 e. The number of hydrogen-bond acceptors (Lipinski definition) is 5. The van der Waals surface area contributed by atoms with Crippen LogP contribution in [0.15, 0.2) is 60.8 Å². The van der Waals surface area contributed by atoms with Gasteiger partial charge in [0.25, 0.3) is 0 Å². The number of amides is 1. The van der Waals surface area contributed by atoms with Crippen LogP contribution in [0.5, 0.6) is 0 Å². The summed E-state index contributed by atoms with van der Waals surface area (Å²) in [6, 6.07) is 16.7. The van der Waals surface area contributed by atoms with Crippen molar-refractivity contribution < 1.29 is 4.79 Å². The van der Waals surface area contributed by atoms with Crippen LogP contribution in [0.2, 0.25) is 0 Å². The van der Waals surface area contributed by atoms with E-state index < -0.39 is 0 Å². The Morgan fingerprint density at radius 3 is 2.29 bits per heavy atom. The monoisotopic (exact) mass is 319 g/mol. The lowest BCUT2D eigenvalue weighted by molar-refractivity contribution is -0.114. The van der Waals surface area contributed by atoms with Crippen LogP contribution in [0.25, 0.3) is 11.3 Å². The highest BCUT2D eigenvalue weighted by atomic mass is 16.1. The van der Waals surface area contributed by atoms with Gasteiger partial charge in [0.15, 0.2) is 0 Å². The third kappa shape index (κ3) is 3.86. The number of aromatic nitrogens is 2. The van der Waals surface area contributed by atoms with Gasteiger partial charge in [-0.15, -0.1) is 0 Å². The van der Waals surface area contributed by atoms with Crippen LogP contribution in [-0.4, -0.2) is 15.9 Å². The van der Waals surface area contributed by atoms with E-state index in [4.69, 9.17) is 5.73 Å². The predicted octanol–water partition coefficient (Wildman–Crippen LogP) is 3.43. The predicted molar refractivity (Wildman–Crippen MR) is 95.9 cm³/mol. The second-order valence-electron chi connectivity index (χ2n) is 5.27. The van der Waals surface area contributed by atoms with Crippen molar-refractivity contribution in [2.24, 2.45) is 0 Å². The van der Waals surface area contributed by atoms with Crippen LogP contribution in [0.1, 0.15) is 6.92 Å². The second-order valence-corrected chi connectivity index (χ2v) is 5.27. The fourth-order valence-corrected chi connectivity index (χ4v) is 2.20. The molecule has 0 radical (unpaired) electrons. The standard InChI is InChI=1S/C18H17N5O/c1-12(24)21-15-6-2-13(3-7-15)17-10-11-20-18(23-17)22-16-8-4-14(19)5-9-16/h2-11H,19H2,1H3,(H,21,24)(H,20,22,23). The SMILES string of the molecule is CC(=O)Nc1ccc(-c2ccnc(Nc3ccc(N)cc3)n2)cc1. The van der Waals surface area contributed by atoms with Crippen molar-refractivity contribution in [2.75, 3.05) is 16.4 Å². The molecule has 0 saturated heterocycles. The first-order valence-corrected chi connectivity index (χ1v) is 7.44. The van der Waals surface area contributed by atoms with E-state index in [0.29, 0.717) is 11.6 Å². The highest BCUT2D eigenvalue weighted by Gasteiger charge is 2.04. The number of rotatable bonds is 4. The molecule has 4 N–H and O–H groups in total. The van der Waals surface area contributed by atoms with Crippen molar-refractivity contribution in [3.05, 3.63) is 60.8 Å². The summed E-state index contributed by atoms with van der Waals surface area (Å²) in [6.45, 7) is 1.48. The van der Waals surface area contributed by atoms with E-state index in [-0.39, 0.29) is 5.91 Å². The Kier molecular flexibility index (Phi) is 4.38. The Balaban J connectivity index is 1.79. The van der Waals surface area contributed by atoms with Crippen molar-refractivity contribution in [3.63, 3.8) is 0 Å². The lowest BCUT2D eigenvalue weighted by Crippen LogP contribution is -2.05. The number of benzene rings is 2. The van der Waals surface area contributed by atoms with E-state index in [1.54, 1.807) is 6.20 Å². The Bertz CT molecular complexity index is 844. The minimum absolute atomic E-state index is 0.0974. The molecule has 0 fully saturated rings. The number of nitrogens with one attached hydrogen (secondary N) is 2. The van der Waals surface area contributed by atoms with Crippen molar-refractivity contribution in [3.8, 4) is 11.3 Å². The number of carbonyl (C=O) groups is 1. The van der Waals surface area contributed by atoms with Crippen molar-refractivity contribution in [1.29, 1.82) is 0 Å². The molecule has 6 heteroatoms. The Labute approximate surface area is 139 Å². The molecule has 6 nitrogen and oxygen atoms in total. The molecule has 3 rings (SSSR count). The lowest BCUT2D eigenvalue weighted by atomic mass is 10.1. The number of hydrogen-bond donors (Lipinski definition) is 3. The quantitative estimate of drug-likeness (QED) is 0.641. The zero-order valence-corrected chi connectivity index (χ0v) is 13.2. The number of nitrogen functional groups attached to an aromatic ring is 1. The lowest BCUT2D eigenvalue weighted by Gasteiger charge is -2.08. The topological polar surface area (TPSA) is 92.9 Å². The van der Waals surface area contributed by atoms with E-state index >= 15 is 0 Å². The van der Waals surface area contributed by atoms with E-state index in [2.05, 4.69) is 20.6 Å². The maximum Gasteiger partial charge on any atom is 0.227 e. The van der Waals surface area contributed by atoms with Crippen molar-refractivity contribution in [1.82, 2.24) is 9.97 Å². The Morgan fingerprint density at radius 2 is 1.62 bits per heavy atom. The van der Waals surface area contributed by atoms with Crippen LogP contribution in [0.4, 0.5) is 23.0 Å². The molecule has 1 amide bonds. The highest BCUT2D eigenvalue weighted by molar-refractivity contribution is 5.88. The average Bonchev–Trinajstić information content (AvgIpc) is 2.57. The van der Waals surface area contributed by atoms with Gasteiger partial charge in [0, 0.05) is 35.7 Å². The average molecular weight is 319 g/mol. The molecule has 0 aliphatic heterocycles. The zero-order chi connectivity index (χ0) is 16.9. The molecule has 0 aliphatic carbocycles. The fraction of sp³-hybridized carbons (Fsp3) is 0.0556. The summed E-state index contributed by atoms with van der Waals surface area (Å²) in [5.41, 5.74) is 9.72. The van der Waals surface area contributed by atoms with Gasteiger partial charge in [-0.05, 0) is 42.5 Å². The molecule has 0 atom stereocenters. The molecule has 1 aromatic heterocycles. The van der Waals surface area contributed by atoms with Gasteiger partial charge in [0.2, 0.25) is 11.9 Å². The van der Waals surface area contributed by atoms with Gasteiger partial charge in [0.1, 0.15) is 0 Å². The van der Waals surface area contributed by atoms with Crippen molar-refractivity contribution in [2.45, 2.75) is 6.92 Å². The molecule has 0 unspecified atom stereocenters. The molecule has 0 saturated carbocycles. The van der Waals surface area contributed by atoms with Gasteiger partial charge < -0.3 is 16.4 Å². The molecule has 120 valence electrons. The van der Waals surface area contributed by atoms with Crippen LogP contribution in [-0.2, 0) is 4.79 Å². The molecular weight excluding hydrogens is 302 g/mol. The van der Waals surface area contributed by atoms with E-state index in [9.17, 15) is 4.79 Å². The first kappa shape index (κ1) is 15.5. The minimum atomic E-state index is -0.0974. The Morgan fingerprint density at radius 1 is 0.958 bits per heavy atom. The normalized spacial score (nSPS) is 10.2. The number of anilines is 4. The van der Waals surface area contributed by atoms with Gasteiger partial charge in [-0.3, -0.25) is 4.79 Å². The first-order valence-electron chi connectivity index (χ1n) is 7.44. The molecule has 0 aliphatic rings. The first-order chi connectivity index (χ1) is 11.6. The third-order valence-electron chi connectivity index (χ3n) is 3.32. The summed E-state index contributed by atoms with van der Waals surface area (Å²) in [4.78, 5) is 19.8. The van der Waals surface area contributed by atoms with Gasteiger partial charge in [-0.2, -0.15) is 0 Å². The molecular formula is C18H17N5O. The molecule has 1 heterocycles. The van der Waals surface area contributed by atoms with Gasteiger partial charge >= 0.3 is 0 Å². The smallest absolute Gasteiger partial charge is 0.227 e. The number of nitrogens with zero attached hydrogens (tertiary/aromatic N) is 2. The summed E-state index contributed by atoms with van der Waals surface area (Å²) in [6.07, 6.45) is 1.70. The minimum Gasteiger partial charge on any atom is -0.399 e. The molecule has 3 aromatic rings. The summed E-state index contributed by atoms with van der Waals surface area (Å²) in [7, 11) is 0.